The van der Waals surface area contributed by atoms with E-state index in [1.165, 1.54) is 36.4 Å². The normalized spacial score (nSPS) is 11.0. The predicted molar refractivity (Wildman–Crippen MR) is 69.7 cm³/mol. The average molecular weight is 344 g/mol. The number of rotatable bonds is 2. The molecule has 0 aliphatic rings. The van der Waals surface area contributed by atoms with Crippen molar-refractivity contribution in [1.29, 1.82) is 0 Å². The summed E-state index contributed by atoms with van der Waals surface area (Å²) in [6.45, 7) is 0. The number of hydrogen-bond donors (Lipinski definition) is 0. The summed E-state index contributed by atoms with van der Waals surface area (Å²) < 4.78 is 26.2. The fourth-order valence-corrected chi connectivity index (χ4v) is 1.77. The molecule has 0 saturated carbocycles. The van der Waals surface area contributed by atoms with Gasteiger partial charge in [-0.25, -0.2) is 8.78 Å². The molecule has 0 atom stereocenters. The van der Waals surface area contributed by atoms with Crippen molar-refractivity contribution < 1.29 is 8.78 Å². The monoisotopic (exact) mass is 344 g/mol. The van der Waals surface area contributed by atoms with Gasteiger partial charge in [-0.3, -0.25) is 0 Å². The second kappa shape index (κ2) is 5.31. The number of halogens is 3. The van der Waals surface area contributed by atoms with Gasteiger partial charge in [0.25, 0.3) is 0 Å². The van der Waals surface area contributed by atoms with Gasteiger partial charge in [0.15, 0.2) is 0 Å². The Morgan fingerprint density at radius 3 is 2.12 bits per heavy atom. The Labute approximate surface area is 111 Å². The van der Waals surface area contributed by atoms with Crippen molar-refractivity contribution in [3.63, 3.8) is 0 Å². The smallest absolute Gasteiger partial charge is 0.124 e. The largest absolute Gasteiger partial charge is 0.207 e. The molecule has 0 unspecified atom stereocenters. The number of nitrogens with zero attached hydrogens (tertiary/aromatic N) is 2. The summed E-state index contributed by atoms with van der Waals surface area (Å²) in [5.41, 5.74) is 1.13. The zero-order valence-corrected chi connectivity index (χ0v) is 10.7. The molecule has 0 spiro atoms. The van der Waals surface area contributed by atoms with Crippen molar-refractivity contribution in [1.82, 2.24) is 0 Å². The van der Waals surface area contributed by atoms with Gasteiger partial charge in [0.1, 0.15) is 11.6 Å². The van der Waals surface area contributed by atoms with Crippen LogP contribution in [0.5, 0.6) is 0 Å². The molecule has 2 rings (SSSR count). The van der Waals surface area contributed by atoms with Crippen LogP contribution in [0.15, 0.2) is 52.7 Å². The van der Waals surface area contributed by atoms with Crippen LogP contribution in [0.2, 0.25) is 0 Å². The van der Waals surface area contributed by atoms with Gasteiger partial charge in [0, 0.05) is 3.57 Å². The van der Waals surface area contributed by atoms with Crippen LogP contribution in [0.25, 0.3) is 0 Å². The lowest BCUT2D eigenvalue weighted by Crippen LogP contribution is -1.76. The zero-order chi connectivity index (χ0) is 12.3. The lowest BCUT2D eigenvalue weighted by molar-refractivity contribution is 0.626. The Morgan fingerprint density at radius 2 is 1.47 bits per heavy atom. The standard InChI is InChI=1S/C12H7F2IN2/c13-8-1-4-10(5-2-8)16-17-12-6-3-9(14)7-11(12)15/h1-7H. The maximum Gasteiger partial charge on any atom is 0.124 e. The first-order chi connectivity index (χ1) is 8.15. The molecule has 2 aromatic rings. The molecular weight excluding hydrogens is 337 g/mol. The van der Waals surface area contributed by atoms with Gasteiger partial charge < -0.3 is 0 Å². The average Bonchev–Trinajstić information content (AvgIpc) is 2.30. The predicted octanol–water partition coefficient (Wildman–Crippen LogP) is 4.98. The van der Waals surface area contributed by atoms with E-state index < -0.39 is 0 Å². The molecule has 86 valence electrons. The number of azo groups is 1. The fraction of sp³-hybridized carbons (Fsp3) is 0. The molecule has 0 aliphatic carbocycles. The second-order valence-electron chi connectivity index (χ2n) is 3.27. The van der Waals surface area contributed by atoms with Crippen LogP contribution in [0.3, 0.4) is 0 Å². The van der Waals surface area contributed by atoms with Crippen LogP contribution in [-0.4, -0.2) is 0 Å². The fourth-order valence-electron chi connectivity index (χ4n) is 1.18. The van der Waals surface area contributed by atoms with Crippen molar-refractivity contribution >= 4 is 34.0 Å². The van der Waals surface area contributed by atoms with Gasteiger partial charge in [-0.1, -0.05) is 0 Å². The highest BCUT2D eigenvalue weighted by Crippen LogP contribution is 2.24. The minimum absolute atomic E-state index is 0.310. The van der Waals surface area contributed by atoms with Crippen molar-refractivity contribution in [3.05, 3.63) is 57.7 Å². The van der Waals surface area contributed by atoms with Gasteiger partial charge in [0.05, 0.1) is 11.4 Å². The Bertz CT molecular complexity index is 553. The topological polar surface area (TPSA) is 24.7 Å². The maximum atomic E-state index is 12.8. The molecule has 2 nitrogen and oxygen atoms in total. The van der Waals surface area contributed by atoms with E-state index in [-0.39, 0.29) is 11.6 Å². The Balaban J connectivity index is 2.23. The summed E-state index contributed by atoms with van der Waals surface area (Å²) in [5.74, 6) is -0.629. The first-order valence-corrected chi connectivity index (χ1v) is 5.85. The third-order valence-corrected chi connectivity index (χ3v) is 2.87. The molecule has 17 heavy (non-hydrogen) atoms. The second-order valence-corrected chi connectivity index (χ2v) is 4.43. The molecule has 0 bridgehead atoms. The third kappa shape index (κ3) is 3.29. The van der Waals surface area contributed by atoms with E-state index >= 15 is 0 Å². The van der Waals surface area contributed by atoms with Crippen LogP contribution in [0.4, 0.5) is 20.2 Å². The summed E-state index contributed by atoms with van der Waals surface area (Å²) >= 11 is 1.98. The summed E-state index contributed by atoms with van der Waals surface area (Å²) in [7, 11) is 0. The van der Waals surface area contributed by atoms with E-state index in [0.29, 0.717) is 14.9 Å². The molecule has 0 aliphatic heterocycles. The molecule has 0 N–H and O–H groups in total. The Kier molecular flexibility index (Phi) is 3.78. The molecule has 0 radical (unpaired) electrons. The van der Waals surface area contributed by atoms with Gasteiger partial charge in [0.2, 0.25) is 0 Å². The summed E-state index contributed by atoms with van der Waals surface area (Å²) in [6, 6.07) is 9.91. The first kappa shape index (κ1) is 12.1. The van der Waals surface area contributed by atoms with Crippen LogP contribution in [-0.2, 0) is 0 Å². The van der Waals surface area contributed by atoms with Crippen LogP contribution < -0.4 is 0 Å². The summed E-state index contributed by atoms with van der Waals surface area (Å²) in [6.07, 6.45) is 0. The molecule has 0 heterocycles. The molecule has 0 amide bonds. The lowest BCUT2D eigenvalue weighted by Gasteiger charge is -1.97. The van der Waals surface area contributed by atoms with Gasteiger partial charge >= 0.3 is 0 Å². The highest BCUT2D eigenvalue weighted by molar-refractivity contribution is 14.1. The highest BCUT2D eigenvalue weighted by atomic mass is 127. The molecule has 0 saturated heterocycles. The van der Waals surface area contributed by atoms with Crippen molar-refractivity contribution in [2.24, 2.45) is 10.2 Å². The Hall–Kier alpha value is -1.37. The van der Waals surface area contributed by atoms with Gasteiger partial charge in [-0.2, -0.15) is 5.11 Å². The van der Waals surface area contributed by atoms with E-state index in [1.807, 2.05) is 22.6 Å². The van der Waals surface area contributed by atoms with E-state index in [0.717, 1.165) is 0 Å². The quantitative estimate of drug-likeness (QED) is 0.542. The molecule has 0 aromatic heterocycles. The van der Waals surface area contributed by atoms with Crippen LogP contribution in [0, 0.1) is 15.2 Å². The van der Waals surface area contributed by atoms with E-state index in [1.54, 1.807) is 6.07 Å². The third-order valence-electron chi connectivity index (χ3n) is 2.01. The first-order valence-electron chi connectivity index (χ1n) is 4.77. The SMILES string of the molecule is Fc1ccc(N=Nc2ccc(F)cc2I)cc1. The minimum Gasteiger partial charge on any atom is -0.207 e. The van der Waals surface area contributed by atoms with Crippen LogP contribution in [0.1, 0.15) is 0 Å². The van der Waals surface area contributed by atoms with Gasteiger partial charge in [-0.05, 0) is 65.1 Å². The Morgan fingerprint density at radius 1 is 0.824 bits per heavy atom. The minimum atomic E-state index is -0.319. The maximum absolute atomic E-state index is 12.8. The molecule has 0 fully saturated rings. The van der Waals surface area contributed by atoms with E-state index in [9.17, 15) is 8.78 Å². The molecular formula is C12H7F2IN2. The lowest BCUT2D eigenvalue weighted by atomic mass is 10.3. The van der Waals surface area contributed by atoms with E-state index in [4.69, 9.17) is 0 Å². The summed E-state index contributed by atoms with van der Waals surface area (Å²) in [4.78, 5) is 0. The van der Waals surface area contributed by atoms with Crippen LogP contribution >= 0.6 is 22.6 Å². The zero-order valence-electron chi connectivity index (χ0n) is 8.57. The molecule has 2 aromatic carbocycles. The highest BCUT2D eigenvalue weighted by Gasteiger charge is 1.99. The van der Waals surface area contributed by atoms with Crippen molar-refractivity contribution in [3.8, 4) is 0 Å². The number of hydrogen-bond acceptors (Lipinski definition) is 2. The van der Waals surface area contributed by atoms with Crippen molar-refractivity contribution in [2.75, 3.05) is 0 Å². The van der Waals surface area contributed by atoms with Crippen molar-refractivity contribution in [2.45, 2.75) is 0 Å². The number of benzene rings is 2. The molecule has 5 heteroatoms. The van der Waals surface area contributed by atoms with E-state index in [2.05, 4.69) is 10.2 Å². The van der Waals surface area contributed by atoms with Gasteiger partial charge in [-0.15, -0.1) is 5.11 Å². The summed E-state index contributed by atoms with van der Waals surface area (Å²) in [5, 5.41) is 7.91.